The normalized spacial score (nSPS) is 11.4. The summed E-state index contributed by atoms with van der Waals surface area (Å²) >= 11 is 0. The van der Waals surface area contributed by atoms with Crippen LogP contribution in [0.2, 0.25) is 0 Å². The van der Waals surface area contributed by atoms with Crippen molar-refractivity contribution in [2.75, 3.05) is 0 Å². The summed E-state index contributed by atoms with van der Waals surface area (Å²) in [6, 6.07) is 2.94. The molecule has 7 heteroatoms. The van der Waals surface area contributed by atoms with Gasteiger partial charge in [-0.2, -0.15) is 0 Å². The molecule has 4 N–H and O–H groups in total. The van der Waals surface area contributed by atoms with Crippen LogP contribution in [0.25, 0.3) is 0 Å². The van der Waals surface area contributed by atoms with Crippen molar-refractivity contribution in [1.82, 2.24) is 4.98 Å². The number of nitrogens with two attached hydrogens (primary N) is 2. The van der Waals surface area contributed by atoms with Gasteiger partial charge in [0.25, 0.3) is 15.9 Å². The molecule has 1 rings (SSSR count). The molecule has 0 aliphatic heterocycles. The highest BCUT2D eigenvalue weighted by Gasteiger charge is 2.19. The lowest BCUT2D eigenvalue weighted by molar-refractivity contribution is 0.0996. The van der Waals surface area contributed by atoms with Crippen molar-refractivity contribution in [3.05, 3.63) is 23.4 Å². The maximum Gasteiger partial charge on any atom is 0.256 e. The molecule has 0 aromatic carbocycles. The van der Waals surface area contributed by atoms with E-state index in [4.69, 9.17) is 10.9 Å². The van der Waals surface area contributed by atoms with Crippen molar-refractivity contribution >= 4 is 15.9 Å². The van der Waals surface area contributed by atoms with Crippen LogP contribution in [-0.4, -0.2) is 19.3 Å². The van der Waals surface area contributed by atoms with Crippen molar-refractivity contribution in [2.24, 2.45) is 10.9 Å². The topological polar surface area (TPSA) is 116 Å². The maximum absolute atomic E-state index is 11.3. The van der Waals surface area contributed by atoms with E-state index in [1.807, 2.05) is 6.92 Å². The standard InChI is InChI=1S/C10H15N3O3S/c1-2-3-4-7-5-6-8(9(11)14)10(13-7)17(12,15)16/h5-6H,2-4H2,1H3,(H2,11,14)(H2,12,15,16). The van der Waals surface area contributed by atoms with E-state index in [2.05, 4.69) is 4.98 Å². The quantitative estimate of drug-likeness (QED) is 0.782. The second-order valence-corrected chi connectivity index (χ2v) is 5.14. The Morgan fingerprint density at radius 3 is 2.53 bits per heavy atom. The largest absolute Gasteiger partial charge is 0.366 e. The molecule has 1 amide bonds. The first-order valence-electron chi connectivity index (χ1n) is 5.18. The van der Waals surface area contributed by atoms with Gasteiger partial charge in [0.05, 0.1) is 5.56 Å². The highest BCUT2D eigenvalue weighted by atomic mass is 32.2. The molecule has 0 unspecified atom stereocenters. The van der Waals surface area contributed by atoms with Gasteiger partial charge >= 0.3 is 0 Å². The van der Waals surface area contributed by atoms with Crippen LogP contribution in [0.3, 0.4) is 0 Å². The molecular formula is C10H15N3O3S. The molecule has 1 heterocycles. The molecule has 0 fully saturated rings. The van der Waals surface area contributed by atoms with Gasteiger partial charge in [-0.3, -0.25) is 4.79 Å². The van der Waals surface area contributed by atoms with Gasteiger partial charge in [0.1, 0.15) is 0 Å². The number of aryl methyl sites for hydroxylation is 1. The van der Waals surface area contributed by atoms with Gasteiger partial charge in [-0.1, -0.05) is 13.3 Å². The minimum absolute atomic E-state index is 0.173. The molecule has 17 heavy (non-hydrogen) atoms. The van der Waals surface area contributed by atoms with E-state index in [1.54, 1.807) is 6.07 Å². The van der Waals surface area contributed by atoms with Crippen molar-refractivity contribution in [1.29, 1.82) is 0 Å². The number of nitrogens with zero attached hydrogens (tertiary/aromatic N) is 1. The Kier molecular flexibility index (Phi) is 4.19. The molecule has 0 bridgehead atoms. The van der Waals surface area contributed by atoms with Crippen LogP contribution in [-0.2, 0) is 16.4 Å². The predicted octanol–water partition coefficient (Wildman–Crippen LogP) is 0.171. The predicted molar refractivity (Wildman–Crippen MR) is 62.7 cm³/mol. The van der Waals surface area contributed by atoms with E-state index in [9.17, 15) is 13.2 Å². The molecule has 94 valence electrons. The summed E-state index contributed by atoms with van der Waals surface area (Å²) in [4.78, 5) is 14.9. The Labute approximate surface area is 100 Å². The van der Waals surface area contributed by atoms with E-state index < -0.39 is 21.0 Å². The Morgan fingerprint density at radius 1 is 1.41 bits per heavy atom. The van der Waals surface area contributed by atoms with E-state index in [1.165, 1.54) is 6.07 Å². The first-order chi connectivity index (χ1) is 7.86. The number of aromatic nitrogens is 1. The number of rotatable bonds is 5. The molecule has 0 saturated carbocycles. The van der Waals surface area contributed by atoms with Crippen molar-refractivity contribution < 1.29 is 13.2 Å². The van der Waals surface area contributed by atoms with Crippen LogP contribution in [0.4, 0.5) is 0 Å². The highest BCUT2D eigenvalue weighted by molar-refractivity contribution is 7.89. The molecule has 0 saturated heterocycles. The average molecular weight is 257 g/mol. The first kappa shape index (κ1) is 13.6. The third-order valence-corrected chi connectivity index (χ3v) is 3.09. The van der Waals surface area contributed by atoms with E-state index in [0.717, 1.165) is 12.8 Å². The molecule has 0 spiro atoms. The van der Waals surface area contributed by atoms with Crippen molar-refractivity contribution in [2.45, 2.75) is 31.2 Å². The zero-order valence-electron chi connectivity index (χ0n) is 9.51. The van der Waals surface area contributed by atoms with Gasteiger partial charge in [-0.25, -0.2) is 18.5 Å². The summed E-state index contributed by atoms with van der Waals surface area (Å²) in [6.45, 7) is 2.01. The summed E-state index contributed by atoms with van der Waals surface area (Å²) in [5.41, 5.74) is 5.47. The summed E-state index contributed by atoms with van der Waals surface area (Å²) in [5, 5.41) is 4.55. The fraction of sp³-hybridized carbons (Fsp3) is 0.400. The van der Waals surface area contributed by atoms with E-state index in [0.29, 0.717) is 12.1 Å². The summed E-state index contributed by atoms with van der Waals surface area (Å²) in [7, 11) is -4.04. The molecular weight excluding hydrogens is 242 g/mol. The van der Waals surface area contributed by atoms with Gasteiger partial charge in [-0.15, -0.1) is 0 Å². The Hall–Kier alpha value is -1.47. The van der Waals surface area contributed by atoms with Gasteiger partial charge in [-0.05, 0) is 25.0 Å². The zero-order chi connectivity index (χ0) is 13.1. The molecule has 1 aromatic rings. The van der Waals surface area contributed by atoms with Crippen LogP contribution >= 0.6 is 0 Å². The zero-order valence-corrected chi connectivity index (χ0v) is 10.3. The number of hydrogen-bond acceptors (Lipinski definition) is 4. The smallest absolute Gasteiger partial charge is 0.256 e. The summed E-state index contributed by atoms with van der Waals surface area (Å²) < 4.78 is 22.6. The molecule has 0 atom stereocenters. The number of primary sulfonamides is 1. The van der Waals surface area contributed by atoms with Crippen LogP contribution < -0.4 is 10.9 Å². The Bertz CT molecular complexity index is 526. The van der Waals surface area contributed by atoms with Crippen LogP contribution in [0.1, 0.15) is 35.8 Å². The summed E-state index contributed by atoms with van der Waals surface area (Å²) in [5.74, 6) is -0.858. The maximum atomic E-state index is 11.3. The minimum atomic E-state index is -4.04. The van der Waals surface area contributed by atoms with Gasteiger partial charge in [0.15, 0.2) is 5.03 Å². The number of primary amides is 1. The lowest BCUT2D eigenvalue weighted by Gasteiger charge is -2.06. The fourth-order valence-electron chi connectivity index (χ4n) is 1.38. The molecule has 0 aliphatic rings. The average Bonchev–Trinajstić information content (AvgIpc) is 2.24. The SMILES string of the molecule is CCCCc1ccc(C(N)=O)c(S(N)(=O)=O)n1. The number of sulfonamides is 1. The molecule has 1 aromatic heterocycles. The van der Waals surface area contributed by atoms with Crippen molar-refractivity contribution in [3.8, 4) is 0 Å². The highest BCUT2D eigenvalue weighted by Crippen LogP contribution is 2.13. The third-order valence-electron chi connectivity index (χ3n) is 2.24. The summed E-state index contributed by atoms with van der Waals surface area (Å²) in [6.07, 6.45) is 2.48. The van der Waals surface area contributed by atoms with Crippen LogP contribution in [0, 0.1) is 0 Å². The Balaban J connectivity index is 3.25. The lowest BCUT2D eigenvalue weighted by atomic mass is 10.1. The van der Waals surface area contributed by atoms with E-state index >= 15 is 0 Å². The first-order valence-corrected chi connectivity index (χ1v) is 6.73. The molecule has 6 nitrogen and oxygen atoms in total. The minimum Gasteiger partial charge on any atom is -0.366 e. The number of unbranched alkanes of at least 4 members (excludes halogenated alkanes) is 1. The lowest BCUT2D eigenvalue weighted by Crippen LogP contribution is -2.22. The van der Waals surface area contributed by atoms with Gasteiger partial charge in [0.2, 0.25) is 0 Å². The second kappa shape index (κ2) is 5.24. The fourth-order valence-corrected chi connectivity index (χ4v) is 2.10. The third kappa shape index (κ3) is 3.50. The molecule has 0 radical (unpaired) electrons. The monoisotopic (exact) mass is 257 g/mol. The van der Waals surface area contributed by atoms with Crippen molar-refractivity contribution in [3.63, 3.8) is 0 Å². The van der Waals surface area contributed by atoms with Gasteiger partial charge < -0.3 is 5.73 Å². The number of hydrogen-bond donors (Lipinski definition) is 2. The van der Waals surface area contributed by atoms with Crippen LogP contribution in [0.15, 0.2) is 17.2 Å². The number of amides is 1. The number of carbonyl (C=O) groups is 1. The number of carbonyl (C=O) groups excluding carboxylic acids is 1. The second-order valence-electron chi connectivity index (χ2n) is 3.67. The molecule has 0 aliphatic carbocycles. The van der Waals surface area contributed by atoms with Gasteiger partial charge in [0, 0.05) is 5.69 Å². The Morgan fingerprint density at radius 2 is 2.06 bits per heavy atom. The van der Waals surface area contributed by atoms with E-state index in [-0.39, 0.29) is 5.56 Å². The van der Waals surface area contributed by atoms with Crippen LogP contribution in [0.5, 0.6) is 0 Å². The number of pyridine rings is 1.